The second-order valence-corrected chi connectivity index (χ2v) is 6.91. The molecule has 0 aliphatic rings. The molecule has 0 saturated carbocycles. The summed E-state index contributed by atoms with van der Waals surface area (Å²) in [5.74, 6) is -1.34. The summed E-state index contributed by atoms with van der Waals surface area (Å²) in [6, 6.07) is 6.35. The van der Waals surface area contributed by atoms with Crippen molar-refractivity contribution < 1.29 is 32.0 Å². The molecule has 1 rings (SSSR count). The lowest BCUT2D eigenvalue weighted by Gasteiger charge is -2.07. The Morgan fingerprint density at radius 1 is 1.08 bits per heavy atom. The number of carboxylic acid groups (broad SMARTS) is 1. The van der Waals surface area contributed by atoms with Crippen LogP contribution in [0, 0.1) is 6.92 Å². The fourth-order valence-corrected chi connectivity index (χ4v) is 2.68. The number of aryl methyl sites for hydroxylation is 1. The van der Waals surface area contributed by atoms with Crippen LogP contribution in [0.3, 0.4) is 0 Å². The largest absolute Gasteiger partial charge is 0.481 e. The lowest BCUT2D eigenvalue weighted by Crippen LogP contribution is -2.25. The number of rotatable bonds is 12. The molecule has 9 heteroatoms. The summed E-state index contributed by atoms with van der Waals surface area (Å²) in [4.78, 5) is 21.6. The standard InChI is InChI=1S/C16H23NO7S/c1-13-3-5-14(6-4-13)25(21,22)24-12-11-23-10-2-9-17-15(18)7-8-16(19)20/h3-6H,2,7-12H2,1H3,(H,17,18)(H,19,20). The van der Waals surface area contributed by atoms with Gasteiger partial charge in [-0.2, -0.15) is 8.42 Å². The van der Waals surface area contributed by atoms with Crippen LogP contribution in [0.4, 0.5) is 0 Å². The molecular weight excluding hydrogens is 350 g/mol. The highest BCUT2D eigenvalue weighted by Crippen LogP contribution is 2.12. The predicted molar refractivity (Wildman–Crippen MR) is 89.6 cm³/mol. The van der Waals surface area contributed by atoms with Crippen LogP contribution in [-0.4, -0.2) is 51.8 Å². The monoisotopic (exact) mass is 373 g/mol. The van der Waals surface area contributed by atoms with E-state index in [1.807, 2.05) is 6.92 Å². The Hall–Kier alpha value is -1.97. The third-order valence-corrected chi connectivity index (χ3v) is 4.46. The van der Waals surface area contributed by atoms with Gasteiger partial charge in [-0.15, -0.1) is 0 Å². The second-order valence-electron chi connectivity index (χ2n) is 5.30. The molecule has 8 nitrogen and oxygen atoms in total. The number of amides is 1. The summed E-state index contributed by atoms with van der Waals surface area (Å²) >= 11 is 0. The summed E-state index contributed by atoms with van der Waals surface area (Å²) in [7, 11) is -3.78. The molecule has 0 aliphatic carbocycles. The van der Waals surface area contributed by atoms with Crippen molar-refractivity contribution in [3.05, 3.63) is 29.8 Å². The number of hydrogen-bond donors (Lipinski definition) is 2. The van der Waals surface area contributed by atoms with Crippen molar-refractivity contribution in [2.24, 2.45) is 0 Å². The maximum atomic E-state index is 11.9. The fourth-order valence-electron chi connectivity index (χ4n) is 1.79. The molecule has 1 aromatic carbocycles. The van der Waals surface area contributed by atoms with Gasteiger partial charge in [-0.3, -0.25) is 13.8 Å². The van der Waals surface area contributed by atoms with Crippen LogP contribution in [0.25, 0.3) is 0 Å². The Morgan fingerprint density at radius 2 is 1.76 bits per heavy atom. The van der Waals surface area contributed by atoms with E-state index in [0.717, 1.165) is 5.56 Å². The van der Waals surface area contributed by atoms with E-state index in [0.29, 0.717) is 19.6 Å². The number of carbonyl (C=O) groups excluding carboxylic acids is 1. The lowest BCUT2D eigenvalue weighted by molar-refractivity contribution is -0.138. The maximum absolute atomic E-state index is 11.9. The van der Waals surface area contributed by atoms with E-state index >= 15 is 0 Å². The summed E-state index contributed by atoms with van der Waals surface area (Å²) in [5.41, 5.74) is 0.956. The Kier molecular flexibility index (Phi) is 9.11. The van der Waals surface area contributed by atoms with Gasteiger partial charge in [-0.05, 0) is 25.5 Å². The summed E-state index contributed by atoms with van der Waals surface area (Å²) in [6.07, 6.45) is 0.277. The molecule has 0 radical (unpaired) electrons. The van der Waals surface area contributed by atoms with Gasteiger partial charge in [0.25, 0.3) is 10.1 Å². The average molecular weight is 373 g/mol. The van der Waals surface area contributed by atoms with E-state index < -0.39 is 16.1 Å². The zero-order valence-electron chi connectivity index (χ0n) is 14.1. The minimum absolute atomic E-state index is 0.0547. The first-order chi connectivity index (χ1) is 11.8. The molecule has 0 heterocycles. The maximum Gasteiger partial charge on any atom is 0.303 e. The van der Waals surface area contributed by atoms with Crippen molar-refractivity contribution in [3.63, 3.8) is 0 Å². The molecule has 0 atom stereocenters. The molecule has 0 bridgehead atoms. The van der Waals surface area contributed by atoms with Gasteiger partial charge < -0.3 is 15.2 Å². The van der Waals surface area contributed by atoms with Gasteiger partial charge in [-0.1, -0.05) is 17.7 Å². The average Bonchev–Trinajstić information content (AvgIpc) is 2.55. The number of carbonyl (C=O) groups is 2. The van der Waals surface area contributed by atoms with Gasteiger partial charge in [0, 0.05) is 19.6 Å². The first kappa shape index (κ1) is 21.1. The van der Waals surface area contributed by atoms with Crippen molar-refractivity contribution in [3.8, 4) is 0 Å². The molecule has 2 N–H and O–H groups in total. The van der Waals surface area contributed by atoms with Crippen LogP contribution >= 0.6 is 0 Å². The van der Waals surface area contributed by atoms with Crippen LogP contribution in [-0.2, 0) is 28.6 Å². The molecule has 0 aromatic heterocycles. The molecule has 0 aliphatic heterocycles. The number of benzene rings is 1. The number of hydrogen-bond acceptors (Lipinski definition) is 6. The molecular formula is C16H23NO7S. The quantitative estimate of drug-likeness (QED) is 0.416. The van der Waals surface area contributed by atoms with Crippen LogP contribution in [0.1, 0.15) is 24.8 Å². The van der Waals surface area contributed by atoms with Gasteiger partial charge in [-0.25, -0.2) is 0 Å². The van der Waals surface area contributed by atoms with Gasteiger partial charge in [0.15, 0.2) is 0 Å². The molecule has 25 heavy (non-hydrogen) atoms. The lowest BCUT2D eigenvalue weighted by atomic mass is 10.2. The first-order valence-electron chi connectivity index (χ1n) is 7.83. The van der Waals surface area contributed by atoms with Crippen LogP contribution in [0.15, 0.2) is 29.2 Å². The van der Waals surface area contributed by atoms with E-state index in [-0.39, 0.29) is 36.9 Å². The molecule has 140 valence electrons. The van der Waals surface area contributed by atoms with Gasteiger partial charge in [0.05, 0.1) is 24.5 Å². The first-order valence-corrected chi connectivity index (χ1v) is 9.24. The Bertz CT molecular complexity index is 656. The van der Waals surface area contributed by atoms with E-state index in [1.54, 1.807) is 12.1 Å². The molecule has 1 aromatic rings. The Labute approximate surface area is 147 Å². The minimum atomic E-state index is -3.78. The Balaban J connectivity index is 2.09. The van der Waals surface area contributed by atoms with Crippen LogP contribution < -0.4 is 5.32 Å². The third-order valence-electron chi connectivity index (χ3n) is 3.13. The van der Waals surface area contributed by atoms with E-state index in [9.17, 15) is 18.0 Å². The van der Waals surface area contributed by atoms with Gasteiger partial charge >= 0.3 is 5.97 Å². The molecule has 0 saturated heterocycles. The van der Waals surface area contributed by atoms with Crippen molar-refractivity contribution in [2.75, 3.05) is 26.4 Å². The third kappa shape index (κ3) is 9.18. The van der Waals surface area contributed by atoms with Crippen molar-refractivity contribution in [1.29, 1.82) is 0 Å². The summed E-state index contributed by atoms with van der Waals surface area (Å²) < 4.78 is 33.9. The highest BCUT2D eigenvalue weighted by Gasteiger charge is 2.14. The minimum Gasteiger partial charge on any atom is -0.481 e. The molecule has 1 amide bonds. The zero-order chi connectivity index (χ0) is 18.7. The summed E-state index contributed by atoms with van der Waals surface area (Å²) in [6.45, 7) is 2.56. The van der Waals surface area contributed by atoms with Crippen molar-refractivity contribution in [1.82, 2.24) is 5.32 Å². The SMILES string of the molecule is Cc1ccc(S(=O)(=O)OCCOCCCNC(=O)CCC(=O)O)cc1. The Morgan fingerprint density at radius 3 is 2.40 bits per heavy atom. The molecule has 0 fully saturated rings. The second kappa shape index (κ2) is 10.8. The molecule has 0 spiro atoms. The van der Waals surface area contributed by atoms with Crippen molar-refractivity contribution in [2.45, 2.75) is 31.1 Å². The van der Waals surface area contributed by atoms with Gasteiger partial charge in [0.1, 0.15) is 0 Å². The number of carboxylic acids is 1. The number of aliphatic carboxylic acids is 1. The van der Waals surface area contributed by atoms with E-state index in [2.05, 4.69) is 5.32 Å². The fraction of sp³-hybridized carbons (Fsp3) is 0.500. The number of ether oxygens (including phenoxy) is 1. The highest BCUT2D eigenvalue weighted by molar-refractivity contribution is 7.86. The van der Waals surface area contributed by atoms with Gasteiger partial charge in [0.2, 0.25) is 5.91 Å². The molecule has 0 unspecified atom stereocenters. The number of nitrogens with one attached hydrogen (secondary N) is 1. The van der Waals surface area contributed by atoms with Crippen LogP contribution in [0.5, 0.6) is 0 Å². The predicted octanol–water partition coefficient (Wildman–Crippen LogP) is 1.09. The van der Waals surface area contributed by atoms with E-state index in [4.69, 9.17) is 14.0 Å². The summed E-state index contributed by atoms with van der Waals surface area (Å²) in [5, 5.41) is 11.0. The van der Waals surface area contributed by atoms with Crippen molar-refractivity contribution >= 4 is 22.0 Å². The topological polar surface area (TPSA) is 119 Å². The van der Waals surface area contributed by atoms with Crippen LogP contribution in [0.2, 0.25) is 0 Å². The normalized spacial score (nSPS) is 11.2. The van der Waals surface area contributed by atoms with E-state index in [1.165, 1.54) is 12.1 Å². The smallest absolute Gasteiger partial charge is 0.303 e. The highest BCUT2D eigenvalue weighted by atomic mass is 32.2. The zero-order valence-corrected chi connectivity index (χ0v) is 14.9.